The normalized spacial score (nSPS) is 14.4. The van der Waals surface area contributed by atoms with Crippen molar-refractivity contribution in [1.82, 2.24) is 9.97 Å². The maximum absolute atomic E-state index is 12.0. The largest absolute Gasteiger partial charge is 0.497 e. The van der Waals surface area contributed by atoms with Crippen LogP contribution in [0.25, 0.3) is 10.9 Å². The van der Waals surface area contributed by atoms with Gasteiger partial charge in [0.1, 0.15) is 25.3 Å². The van der Waals surface area contributed by atoms with Gasteiger partial charge in [0, 0.05) is 12.2 Å². The van der Waals surface area contributed by atoms with Gasteiger partial charge in [0.2, 0.25) is 5.88 Å². The highest BCUT2D eigenvalue weighted by Crippen LogP contribution is 2.27. The van der Waals surface area contributed by atoms with Gasteiger partial charge in [-0.15, -0.1) is 0 Å². The first-order chi connectivity index (χ1) is 13.2. The maximum atomic E-state index is 12.0. The zero-order chi connectivity index (χ0) is 18.6. The molecular formula is C20H19N3O4. The molecule has 7 heteroatoms. The molecular weight excluding hydrogens is 346 g/mol. The van der Waals surface area contributed by atoms with Crippen LogP contribution < -0.4 is 14.4 Å². The molecule has 0 saturated carbocycles. The first kappa shape index (κ1) is 17.2. The predicted molar refractivity (Wildman–Crippen MR) is 100 cm³/mol. The Hall–Kier alpha value is -3.19. The standard InChI is InChI=1S/C20H19N3O4/c1-25-16-5-2-14(3-6-16)11-27-20-17-7-4-15(10-18(17)21-13-22-20)23-8-9-26-12-19(23)24/h2-7,10,13H,8-9,11-12H2,1H3. The second-order valence-electron chi connectivity index (χ2n) is 6.11. The van der Waals surface area contributed by atoms with Gasteiger partial charge in [-0.25, -0.2) is 9.97 Å². The lowest BCUT2D eigenvalue weighted by Crippen LogP contribution is -2.41. The van der Waals surface area contributed by atoms with Crippen molar-refractivity contribution >= 4 is 22.5 Å². The van der Waals surface area contributed by atoms with Gasteiger partial charge in [0.05, 0.1) is 24.6 Å². The van der Waals surface area contributed by atoms with Gasteiger partial charge < -0.3 is 19.1 Å². The third-order valence-corrected chi connectivity index (χ3v) is 4.42. The molecule has 2 aromatic carbocycles. The van der Waals surface area contributed by atoms with Gasteiger partial charge in [-0.1, -0.05) is 12.1 Å². The van der Waals surface area contributed by atoms with Gasteiger partial charge in [0.25, 0.3) is 5.91 Å². The van der Waals surface area contributed by atoms with Gasteiger partial charge >= 0.3 is 0 Å². The van der Waals surface area contributed by atoms with Crippen molar-refractivity contribution in [2.24, 2.45) is 0 Å². The minimum absolute atomic E-state index is 0.0503. The monoisotopic (exact) mass is 365 g/mol. The fraction of sp³-hybridized carbons (Fsp3) is 0.250. The van der Waals surface area contributed by atoms with E-state index in [-0.39, 0.29) is 12.5 Å². The number of morpholine rings is 1. The molecule has 3 aromatic rings. The molecule has 1 saturated heterocycles. The lowest BCUT2D eigenvalue weighted by atomic mass is 10.2. The number of methoxy groups -OCH3 is 1. The fourth-order valence-electron chi connectivity index (χ4n) is 2.97. The Kier molecular flexibility index (Phi) is 4.84. The number of carbonyl (C=O) groups is 1. The van der Waals surface area contributed by atoms with Crippen LogP contribution in [0.1, 0.15) is 5.56 Å². The molecule has 4 rings (SSSR count). The molecule has 0 aliphatic carbocycles. The SMILES string of the molecule is COc1ccc(COc2ncnc3cc(N4CCOCC4=O)ccc23)cc1. The summed E-state index contributed by atoms with van der Waals surface area (Å²) >= 11 is 0. The molecule has 0 unspecified atom stereocenters. The lowest BCUT2D eigenvalue weighted by Gasteiger charge is -2.27. The average Bonchev–Trinajstić information content (AvgIpc) is 2.72. The van der Waals surface area contributed by atoms with Crippen molar-refractivity contribution in [2.75, 3.05) is 31.8 Å². The molecule has 0 bridgehead atoms. The summed E-state index contributed by atoms with van der Waals surface area (Å²) in [5, 5.41) is 0.801. The minimum Gasteiger partial charge on any atom is -0.497 e. The molecule has 0 spiro atoms. The summed E-state index contributed by atoms with van der Waals surface area (Å²) in [6.07, 6.45) is 1.47. The van der Waals surface area contributed by atoms with Crippen molar-refractivity contribution in [3.8, 4) is 11.6 Å². The van der Waals surface area contributed by atoms with Crippen molar-refractivity contribution in [2.45, 2.75) is 6.61 Å². The van der Waals surface area contributed by atoms with Gasteiger partial charge in [-0.2, -0.15) is 0 Å². The van der Waals surface area contributed by atoms with E-state index in [2.05, 4.69) is 9.97 Å². The predicted octanol–water partition coefficient (Wildman–Crippen LogP) is 2.58. The number of hydrogen-bond donors (Lipinski definition) is 0. The van der Waals surface area contributed by atoms with Crippen molar-refractivity contribution in [3.05, 3.63) is 54.4 Å². The zero-order valence-corrected chi connectivity index (χ0v) is 14.9. The number of amides is 1. The van der Waals surface area contributed by atoms with E-state index in [9.17, 15) is 4.79 Å². The molecule has 1 aromatic heterocycles. The Labute approximate surface area is 156 Å². The van der Waals surface area contributed by atoms with E-state index < -0.39 is 0 Å². The smallest absolute Gasteiger partial charge is 0.253 e. The first-order valence-corrected chi connectivity index (χ1v) is 8.63. The van der Waals surface area contributed by atoms with Crippen LogP contribution in [0.15, 0.2) is 48.8 Å². The van der Waals surface area contributed by atoms with E-state index >= 15 is 0 Å². The summed E-state index contributed by atoms with van der Waals surface area (Å²) in [7, 11) is 1.64. The minimum atomic E-state index is -0.0503. The average molecular weight is 365 g/mol. The number of fused-ring (bicyclic) bond motifs is 1. The van der Waals surface area contributed by atoms with Crippen LogP contribution in [0.5, 0.6) is 11.6 Å². The van der Waals surface area contributed by atoms with Gasteiger partial charge in [-0.3, -0.25) is 4.79 Å². The number of hydrogen-bond acceptors (Lipinski definition) is 6. The molecule has 27 heavy (non-hydrogen) atoms. The molecule has 7 nitrogen and oxygen atoms in total. The fourth-order valence-corrected chi connectivity index (χ4v) is 2.97. The number of ether oxygens (including phenoxy) is 3. The Morgan fingerprint density at radius 3 is 2.78 bits per heavy atom. The number of aromatic nitrogens is 2. The Bertz CT molecular complexity index is 959. The highest BCUT2D eigenvalue weighted by Gasteiger charge is 2.20. The van der Waals surface area contributed by atoms with E-state index in [1.54, 1.807) is 12.0 Å². The molecule has 2 heterocycles. The van der Waals surface area contributed by atoms with Crippen molar-refractivity contribution in [1.29, 1.82) is 0 Å². The van der Waals surface area contributed by atoms with Crippen LogP contribution in [0.2, 0.25) is 0 Å². The number of carbonyl (C=O) groups excluding carboxylic acids is 1. The highest BCUT2D eigenvalue weighted by molar-refractivity contribution is 5.97. The quantitative estimate of drug-likeness (QED) is 0.692. The van der Waals surface area contributed by atoms with E-state index in [1.165, 1.54) is 6.33 Å². The van der Waals surface area contributed by atoms with Crippen LogP contribution in [-0.2, 0) is 16.1 Å². The Morgan fingerprint density at radius 1 is 1.15 bits per heavy atom. The number of anilines is 1. The topological polar surface area (TPSA) is 73.8 Å². The third-order valence-electron chi connectivity index (χ3n) is 4.42. The molecule has 0 radical (unpaired) electrons. The molecule has 1 aliphatic heterocycles. The lowest BCUT2D eigenvalue weighted by molar-refractivity contribution is -0.125. The van der Waals surface area contributed by atoms with Crippen LogP contribution >= 0.6 is 0 Å². The van der Waals surface area contributed by atoms with Crippen LogP contribution in [0.3, 0.4) is 0 Å². The number of rotatable bonds is 5. The molecule has 0 N–H and O–H groups in total. The molecule has 138 valence electrons. The molecule has 1 aliphatic rings. The van der Waals surface area contributed by atoms with Gasteiger partial charge in [-0.05, 0) is 35.9 Å². The van der Waals surface area contributed by atoms with Crippen LogP contribution in [0.4, 0.5) is 5.69 Å². The summed E-state index contributed by atoms with van der Waals surface area (Å²) in [4.78, 5) is 22.3. The zero-order valence-electron chi connectivity index (χ0n) is 14.9. The molecule has 0 atom stereocenters. The van der Waals surface area contributed by atoms with Gasteiger partial charge in [0.15, 0.2) is 0 Å². The summed E-state index contributed by atoms with van der Waals surface area (Å²) in [6.45, 7) is 1.57. The Morgan fingerprint density at radius 2 is 2.00 bits per heavy atom. The first-order valence-electron chi connectivity index (χ1n) is 8.63. The third kappa shape index (κ3) is 3.68. The summed E-state index contributed by atoms with van der Waals surface area (Å²) in [5.74, 6) is 1.26. The Balaban J connectivity index is 1.55. The van der Waals surface area contributed by atoms with Crippen molar-refractivity contribution < 1.29 is 19.0 Å². The summed E-state index contributed by atoms with van der Waals surface area (Å²) in [6, 6.07) is 13.3. The maximum Gasteiger partial charge on any atom is 0.253 e. The second kappa shape index (κ2) is 7.59. The van der Waals surface area contributed by atoms with E-state index in [0.717, 1.165) is 27.9 Å². The summed E-state index contributed by atoms with van der Waals surface area (Å²) in [5.41, 5.74) is 2.54. The van der Waals surface area contributed by atoms with Crippen molar-refractivity contribution in [3.63, 3.8) is 0 Å². The number of benzene rings is 2. The van der Waals surface area contributed by atoms with E-state index in [4.69, 9.17) is 14.2 Å². The van der Waals surface area contributed by atoms with E-state index in [0.29, 0.717) is 25.6 Å². The highest BCUT2D eigenvalue weighted by atomic mass is 16.5. The van der Waals surface area contributed by atoms with E-state index in [1.807, 2.05) is 42.5 Å². The van der Waals surface area contributed by atoms with Crippen LogP contribution in [0, 0.1) is 0 Å². The molecule has 1 amide bonds. The summed E-state index contributed by atoms with van der Waals surface area (Å²) < 4.78 is 16.2. The van der Waals surface area contributed by atoms with Crippen LogP contribution in [-0.4, -0.2) is 42.7 Å². The molecule has 1 fully saturated rings. The number of nitrogens with zero attached hydrogens (tertiary/aromatic N) is 3. The second-order valence-corrected chi connectivity index (χ2v) is 6.11.